The molecule has 0 radical (unpaired) electrons. The lowest BCUT2D eigenvalue weighted by molar-refractivity contribution is -0.0411. The number of anilines is 1. The van der Waals surface area contributed by atoms with Gasteiger partial charge >= 0.3 is 0 Å². The maximum Gasteiger partial charge on any atom is 0.281 e. The normalized spacial score (nSPS) is 24.7. The third-order valence-corrected chi connectivity index (χ3v) is 9.71. The number of fused-ring (bicyclic) bond motifs is 2. The number of sulfonamides is 1. The Morgan fingerprint density at radius 2 is 1.92 bits per heavy atom. The van der Waals surface area contributed by atoms with E-state index in [-0.39, 0.29) is 34.2 Å². The van der Waals surface area contributed by atoms with E-state index in [0.717, 1.165) is 12.8 Å². The lowest BCUT2D eigenvalue weighted by Crippen LogP contribution is -2.53. The van der Waals surface area contributed by atoms with Crippen molar-refractivity contribution in [2.24, 2.45) is 0 Å². The van der Waals surface area contributed by atoms with Gasteiger partial charge in [-0.15, -0.1) is 11.3 Å². The maximum atomic E-state index is 13.5. The molecule has 3 aromatic rings. The van der Waals surface area contributed by atoms with Crippen LogP contribution < -0.4 is 14.8 Å². The van der Waals surface area contributed by atoms with Crippen molar-refractivity contribution >= 4 is 33.1 Å². The van der Waals surface area contributed by atoms with Crippen molar-refractivity contribution in [3.05, 3.63) is 41.7 Å². The molecule has 0 aromatic carbocycles. The minimum Gasteiger partial charge on any atom is -0.477 e. The van der Waals surface area contributed by atoms with E-state index in [1.807, 2.05) is 6.92 Å². The molecule has 200 valence electrons. The second-order valence-corrected chi connectivity index (χ2v) is 12.7. The quantitative estimate of drug-likeness (QED) is 0.401. The lowest BCUT2D eigenvalue weighted by atomic mass is 9.85. The molecule has 1 unspecified atom stereocenters. The van der Waals surface area contributed by atoms with E-state index in [0.29, 0.717) is 54.6 Å². The molecular formula is C24H27N7O5S2. The van der Waals surface area contributed by atoms with Crippen molar-refractivity contribution in [3.63, 3.8) is 0 Å². The zero-order chi connectivity index (χ0) is 26.3. The van der Waals surface area contributed by atoms with Gasteiger partial charge in [0.15, 0.2) is 10.8 Å². The molecule has 1 amide bonds. The van der Waals surface area contributed by atoms with E-state index in [4.69, 9.17) is 9.47 Å². The van der Waals surface area contributed by atoms with Gasteiger partial charge in [-0.05, 0) is 38.7 Å². The van der Waals surface area contributed by atoms with Gasteiger partial charge < -0.3 is 14.8 Å². The van der Waals surface area contributed by atoms with Crippen LogP contribution in [0, 0.1) is 0 Å². The smallest absolute Gasteiger partial charge is 0.281 e. The number of ether oxygens (including phenoxy) is 2. The van der Waals surface area contributed by atoms with Gasteiger partial charge in [0.25, 0.3) is 5.91 Å². The van der Waals surface area contributed by atoms with Crippen molar-refractivity contribution < 1.29 is 22.7 Å². The molecule has 3 fully saturated rings. The Bertz CT molecular complexity index is 1450. The zero-order valence-corrected chi connectivity index (χ0v) is 22.3. The molecule has 2 aliphatic heterocycles. The summed E-state index contributed by atoms with van der Waals surface area (Å²) in [6.07, 6.45) is 10.1. The molecule has 5 heterocycles. The molecule has 3 aromatic heterocycles. The highest BCUT2D eigenvalue weighted by atomic mass is 32.2. The van der Waals surface area contributed by atoms with Crippen molar-refractivity contribution in [2.75, 3.05) is 11.3 Å². The lowest BCUT2D eigenvalue weighted by Gasteiger charge is -2.40. The number of aromatic nitrogens is 5. The van der Waals surface area contributed by atoms with E-state index in [1.165, 1.54) is 29.8 Å². The second-order valence-electron chi connectivity index (χ2n) is 9.72. The summed E-state index contributed by atoms with van der Waals surface area (Å²) in [6.45, 7) is 2.33. The van der Waals surface area contributed by atoms with Crippen LogP contribution in [0.2, 0.25) is 0 Å². The van der Waals surface area contributed by atoms with Crippen molar-refractivity contribution in [2.45, 2.75) is 68.4 Å². The van der Waals surface area contributed by atoms with Gasteiger partial charge in [0, 0.05) is 25.2 Å². The van der Waals surface area contributed by atoms with E-state index in [9.17, 15) is 13.2 Å². The zero-order valence-electron chi connectivity index (χ0n) is 20.7. The molecule has 12 nitrogen and oxygen atoms in total. The van der Waals surface area contributed by atoms with Gasteiger partial charge in [0.05, 0.1) is 41.3 Å². The standard InChI is InChI=1S/C24H27N7O5S2/c1-2-35-20-13-25-11-17(28-20)18-12-27-22(37-18)21(32)30-24(9-14-3-4-15(10-24)36-14)23-26-8-7-19(29-23)31-38(33,34)16-5-6-16/h7-8,11-16H,2-6,9-10H2,1H3,(H,30,32)(H,26,29,31)/t14-,15+,24?. The topological polar surface area (TPSA) is 158 Å². The largest absolute Gasteiger partial charge is 0.477 e. The number of amides is 1. The molecule has 1 aliphatic carbocycles. The molecule has 0 spiro atoms. The first-order valence-electron chi connectivity index (χ1n) is 12.6. The third-order valence-electron chi connectivity index (χ3n) is 6.85. The van der Waals surface area contributed by atoms with Crippen LogP contribution in [-0.4, -0.2) is 63.3 Å². The van der Waals surface area contributed by atoms with Gasteiger partial charge in [-0.3, -0.25) is 14.5 Å². The predicted molar refractivity (Wildman–Crippen MR) is 138 cm³/mol. The van der Waals surface area contributed by atoms with E-state index >= 15 is 0 Å². The molecule has 3 atom stereocenters. The van der Waals surface area contributed by atoms with Crippen LogP contribution in [0.15, 0.2) is 30.9 Å². The van der Waals surface area contributed by atoms with E-state index in [1.54, 1.807) is 12.4 Å². The monoisotopic (exact) mass is 557 g/mol. The summed E-state index contributed by atoms with van der Waals surface area (Å²) in [5.41, 5.74) is -0.367. The van der Waals surface area contributed by atoms with Gasteiger partial charge in [0.2, 0.25) is 15.9 Å². The highest BCUT2D eigenvalue weighted by Crippen LogP contribution is 2.43. The fraction of sp³-hybridized carbons (Fsp3) is 0.500. The van der Waals surface area contributed by atoms with E-state index < -0.39 is 15.6 Å². The number of carbonyl (C=O) groups excluding carboxylic acids is 1. The van der Waals surface area contributed by atoms with Crippen LogP contribution in [0.1, 0.15) is 61.1 Å². The number of carbonyl (C=O) groups is 1. The van der Waals surface area contributed by atoms with Crippen molar-refractivity contribution in [1.29, 1.82) is 0 Å². The number of hydrogen-bond donors (Lipinski definition) is 2. The number of nitrogens with one attached hydrogen (secondary N) is 2. The molecule has 6 rings (SSSR count). The predicted octanol–water partition coefficient (Wildman–Crippen LogP) is 2.66. The number of nitrogens with zero attached hydrogens (tertiary/aromatic N) is 5. The Hall–Kier alpha value is -3.23. The van der Waals surface area contributed by atoms with Gasteiger partial charge in [0.1, 0.15) is 17.1 Å². The Morgan fingerprint density at radius 3 is 2.66 bits per heavy atom. The van der Waals surface area contributed by atoms with Crippen LogP contribution in [0.25, 0.3) is 10.6 Å². The molecule has 14 heteroatoms. The summed E-state index contributed by atoms with van der Waals surface area (Å²) in [5, 5.41) is 3.03. The first-order chi connectivity index (χ1) is 18.3. The average Bonchev–Trinajstić information content (AvgIpc) is 3.56. The Balaban J connectivity index is 1.28. The Morgan fingerprint density at radius 1 is 1.13 bits per heavy atom. The molecule has 2 bridgehead atoms. The summed E-state index contributed by atoms with van der Waals surface area (Å²) >= 11 is 1.20. The highest BCUT2D eigenvalue weighted by molar-refractivity contribution is 7.93. The van der Waals surface area contributed by atoms with Crippen molar-refractivity contribution in [1.82, 2.24) is 30.2 Å². The Kier molecular flexibility index (Phi) is 6.48. The van der Waals surface area contributed by atoms with Crippen LogP contribution in [0.4, 0.5) is 5.82 Å². The number of thiazole rings is 1. The molecule has 1 saturated carbocycles. The van der Waals surface area contributed by atoms with Gasteiger partial charge in [-0.2, -0.15) is 0 Å². The average molecular weight is 558 g/mol. The van der Waals surface area contributed by atoms with Crippen LogP contribution >= 0.6 is 11.3 Å². The minimum absolute atomic E-state index is 0.0482. The summed E-state index contributed by atoms with van der Waals surface area (Å²) in [7, 11) is -3.49. The second kappa shape index (κ2) is 9.82. The summed E-state index contributed by atoms with van der Waals surface area (Å²) in [4.78, 5) is 36.2. The SMILES string of the molecule is CCOc1cncc(-c2cnc(C(=O)NC3(c4nccc(NS(=O)(=O)C5CC5)n4)C[C@H]4CC[C@@H](C3)O4)s2)n1. The molecular weight excluding hydrogens is 530 g/mol. The fourth-order valence-corrected chi connectivity index (χ4v) is 7.08. The molecule has 3 aliphatic rings. The molecule has 38 heavy (non-hydrogen) atoms. The summed E-state index contributed by atoms with van der Waals surface area (Å²) in [6, 6.07) is 1.53. The van der Waals surface area contributed by atoms with E-state index in [2.05, 4.69) is 35.0 Å². The first kappa shape index (κ1) is 25.1. The number of hydrogen-bond acceptors (Lipinski definition) is 11. The summed E-state index contributed by atoms with van der Waals surface area (Å²) < 4.78 is 39.1. The third kappa shape index (κ3) is 5.07. The van der Waals surface area contributed by atoms with Crippen molar-refractivity contribution in [3.8, 4) is 16.5 Å². The molecule has 2 saturated heterocycles. The van der Waals surface area contributed by atoms with Crippen LogP contribution in [-0.2, 0) is 20.3 Å². The molecule has 2 N–H and O–H groups in total. The maximum absolute atomic E-state index is 13.5. The number of rotatable bonds is 9. The minimum atomic E-state index is -3.49. The summed E-state index contributed by atoms with van der Waals surface area (Å²) in [5.74, 6) is 0.576. The van der Waals surface area contributed by atoms with Crippen LogP contribution in [0.5, 0.6) is 5.88 Å². The van der Waals surface area contributed by atoms with Gasteiger partial charge in [-0.1, -0.05) is 0 Å². The van der Waals surface area contributed by atoms with Crippen LogP contribution in [0.3, 0.4) is 0 Å². The fourth-order valence-electron chi connectivity index (χ4n) is 4.99. The highest BCUT2D eigenvalue weighted by Gasteiger charge is 2.49. The van der Waals surface area contributed by atoms with Gasteiger partial charge in [-0.25, -0.2) is 28.4 Å². The Labute approximate surface area is 223 Å². The first-order valence-corrected chi connectivity index (χ1v) is 14.9.